The van der Waals surface area contributed by atoms with Gasteiger partial charge in [-0.25, -0.2) is 9.59 Å². The second-order valence-corrected chi connectivity index (χ2v) is 4.44. The number of hydrogen-bond donors (Lipinski definition) is 3. The lowest BCUT2D eigenvalue weighted by Crippen LogP contribution is -2.40. The highest BCUT2D eigenvalue weighted by atomic mass is 32.1. The quantitative estimate of drug-likeness (QED) is 0.745. The van der Waals surface area contributed by atoms with E-state index in [2.05, 4.69) is 25.3 Å². The van der Waals surface area contributed by atoms with Crippen LogP contribution in [0.3, 0.4) is 0 Å². The smallest absolute Gasteiger partial charge is 0.331 e. The number of rotatable bonds is 5. The van der Waals surface area contributed by atoms with Crippen molar-refractivity contribution in [3.63, 3.8) is 0 Å². The zero-order valence-electron chi connectivity index (χ0n) is 9.57. The van der Waals surface area contributed by atoms with Gasteiger partial charge < -0.3 is 20.3 Å². The second-order valence-electron chi connectivity index (χ2n) is 3.46. The Labute approximate surface area is 111 Å². The Bertz CT molecular complexity index is 540. The molecule has 0 aliphatic rings. The summed E-state index contributed by atoms with van der Waals surface area (Å²) in [5.74, 6) is -0.824. The lowest BCUT2D eigenvalue weighted by atomic mass is 10.2. The van der Waals surface area contributed by atoms with Gasteiger partial charge in [-0.3, -0.25) is 0 Å². The van der Waals surface area contributed by atoms with Gasteiger partial charge in [-0.15, -0.1) is 11.3 Å². The Morgan fingerprint density at radius 3 is 2.95 bits per heavy atom. The van der Waals surface area contributed by atoms with Crippen LogP contribution in [0.5, 0.6) is 0 Å². The van der Waals surface area contributed by atoms with E-state index in [1.54, 1.807) is 17.5 Å². The third-order valence-corrected chi connectivity index (χ3v) is 3.10. The van der Waals surface area contributed by atoms with E-state index in [9.17, 15) is 9.59 Å². The summed E-state index contributed by atoms with van der Waals surface area (Å²) < 4.78 is 4.50. The van der Waals surface area contributed by atoms with E-state index in [1.807, 2.05) is 0 Å². The van der Waals surface area contributed by atoms with Crippen molar-refractivity contribution in [1.29, 1.82) is 0 Å². The molecule has 1 unspecified atom stereocenters. The van der Waals surface area contributed by atoms with Crippen molar-refractivity contribution in [3.05, 3.63) is 34.6 Å². The van der Waals surface area contributed by atoms with Gasteiger partial charge in [0, 0.05) is 4.88 Å². The van der Waals surface area contributed by atoms with Crippen LogP contribution >= 0.6 is 11.3 Å². The molecule has 2 amide bonds. The van der Waals surface area contributed by atoms with Crippen LogP contribution in [-0.2, 0) is 11.3 Å². The van der Waals surface area contributed by atoms with Gasteiger partial charge in [0.05, 0.1) is 6.54 Å². The molecule has 2 rings (SSSR count). The first-order valence-electron chi connectivity index (χ1n) is 5.22. The zero-order chi connectivity index (χ0) is 13.7. The molecule has 2 aromatic heterocycles. The number of carboxylic acid groups (broad SMARTS) is 1. The normalized spacial score (nSPS) is 11.8. The SMILES string of the molecule is O=C(NCc1ncon1)NC(C(=O)O)c1cccs1. The molecule has 0 saturated heterocycles. The number of urea groups is 1. The van der Waals surface area contributed by atoms with Crippen LogP contribution < -0.4 is 10.6 Å². The van der Waals surface area contributed by atoms with Gasteiger partial charge in [-0.2, -0.15) is 4.98 Å². The van der Waals surface area contributed by atoms with Gasteiger partial charge in [-0.1, -0.05) is 11.2 Å². The molecule has 0 aromatic carbocycles. The van der Waals surface area contributed by atoms with Crippen molar-refractivity contribution in [2.75, 3.05) is 0 Å². The van der Waals surface area contributed by atoms with E-state index >= 15 is 0 Å². The molecule has 3 N–H and O–H groups in total. The minimum Gasteiger partial charge on any atom is -0.479 e. The van der Waals surface area contributed by atoms with Gasteiger partial charge >= 0.3 is 12.0 Å². The predicted octanol–water partition coefficient (Wildman–Crippen LogP) is 0.756. The van der Waals surface area contributed by atoms with E-state index in [1.165, 1.54) is 11.3 Å². The predicted molar refractivity (Wildman–Crippen MR) is 64.4 cm³/mol. The molecule has 0 aliphatic heterocycles. The second kappa shape index (κ2) is 5.96. The Kier molecular flexibility index (Phi) is 4.08. The fraction of sp³-hybridized carbons (Fsp3) is 0.200. The average molecular weight is 282 g/mol. The Morgan fingerprint density at radius 1 is 1.53 bits per heavy atom. The summed E-state index contributed by atoms with van der Waals surface area (Å²) in [6.07, 6.45) is 1.14. The van der Waals surface area contributed by atoms with Crippen LogP contribution in [0, 0.1) is 0 Å². The number of aromatic nitrogens is 2. The molecule has 2 heterocycles. The van der Waals surface area contributed by atoms with Crippen LogP contribution in [0.15, 0.2) is 28.4 Å². The lowest BCUT2D eigenvalue weighted by molar-refractivity contribution is -0.139. The topological polar surface area (TPSA) is 117 Å². The number of nitrogens with one attached hydrogen (secondary N) is 2. The molecule has 0 fully saturated rings. The molecule has 100 valence electrons. The Balaban J connectivity index is 1.90. The van der Waals surface area contributed by atoms with E-state index in [-0.39, 0.29) is 6.54 Å². The first-order chi connectivity index (χ1) is 9.16. The molecule has 0 aliphatic carbocycles. The van der Waals surface area contributed by atoms with Crippen molar-refractivity contribution in [2.45, 2.75) is 12.6 Å². The summed E-state index contributed by atoms with van der Waals surface area (Å²) in [4.78, 5) is 26.9. The highest BCUT2D eigenvalue weighted by molar-refractivity contribution is 7.10. The summed E-state index contributed by atoms with van der Waals surface area (Å²) in [5, 5.41) is 19.1. The molecule has 1 atom stereocenters. The molecule has 0 saturated carbocycles. The molecule has 9 heteroatoms. The maximum Gasteiger partial charge on any atom is 0.331 e. The maximum absolute atomic E-state index is 11.6. The van der Waals surface area contributed by atoms with Gasteiger partial charge in [0.25, 0.3) is 0 Å². The number of thiophene rings is 1. The molecule has 0 spiro atoms. The molecular weight excluding hydrogens is 272 g/mol. The first kappa shape index (κ1) is 13.0. The molecule has 8 nitrogen and oxygen atoms in total. The number of carbonyl (C=O) groups excluding carboxylic acids is 1. The minimum atomic E-state index is -1.13. The number of carboxylic acids is 1. The summed E-state index contributed by atoms with van der Waals surface area (Å²) in [7, 11) is 0. The third-order valence-electron chi connectivity index (χ3n) is 2.16. The lowest BCUT2D eigenvalue weighted by Gasteiger charge is -2.13. The van der Waals surface area contributed by atoms with E-state index < -0.39 is 18.0 Å². The fourth-order valence-corrected chi connectivity index (χ4v) is 2.09. The van der Waals surface area contributed by atoms with Crippen LogP contribution in [0.4, 0.5) is 4.79 Å². The van der Waals surface area contributed by atoms with E-state index in [4.69, 9.17) is 5.11 Å². The third kappa shape index (κ3) is 3.52. The molecule has 19 heavy (non-hydrogen) atoms. The number of aliphatic carboxylic acids is 1. The summed E-state index contributed by atoms with van der Waals surface area (Å²) in [6.45, 7) is 0.0547. The monoisotopic (exact) mass is 282 g/mol. The minimum absolute atomic E-state index is 0.0547. The Morgan fingerprint density at radius 2 is 2.37 bits per heavy atom. The average Bonchev–Trinajstić information content (AvgIpc) is 3.05. The van der Waals surface area contributed by atoms with Crippen molar-refractivity contribution >= 4 is 23.3 Å². The van der Waals surface area contributed by atoms with Gasteiger partial charge in [-0.05, 0) is 11.4 Å². The molecule has 0 bridgehead atoms. The van der Waals surface area contributed by atoms with Crippen LogP contribution in [0.1, 0.15) is 16.7 Å². The van der Waals surface area contributed by atoms with Gasteiger partial charge in [0.1, 0.15) is 0 Å². The van der Waals surface area contributed by atoms with Crippen molar-refractivity contribution in [1.82, 2.24) is 20.8 Å². The van der Waals surface area contributed by atoms with E-state index in [0.717, 1.165) is 6.39 Å². The van der Waals surface area contributed by atoms with Gasteiger partial charge in [0.2, 0.25) is 6.39 Å². The van der Waals surface area contributed by atoms with Crippen LogP contribution in [0.2, 0.25) is 0 Å². The zero-order valence-corrected chi connectivity index (χ0v) is 10.4. The largest absolute Gasteiger partial charge is 0.479 e. The number of hydrogen-bond acceptors (Lipinski definition) is 6. The van der Waals surface area contributed by atoms with Crippen molar-refractivity contribution < 1.29 is 19.2 Å². The highest BCUT2D eigenvalue weighted by Crippen LogP contribution is 2.18. The number of amides is 2. The summed E-state index contributed by atoms with van der Waals surface area (Å²) >= 11 is 1.25. The van der Waals surface area contributed by atoms with Crippen LogP contribution in [0.25, 0.3) is 0 Å². The van der Waals surface area contributed by atoms with Crippen molar-refractivity contribution in [2.24, 2.45) is 0 Å². The van der Waals surface area contributed by atoms with Crippen LogP contribution in [-0.4, -0.2) is 27.2 Å². The summed E-state index contributed by atoms with van der Waals surface area (Å²) in [6, 6.07) is 1.66. The number of carbonyl (C=O) groups is 2. The molecule has 0 radical (unpaired) electrons. The van der Waals surface area contributed by atoms with Gasteiger partial charge in [0.15, 0.2) is 11.9 Å². The standard InChI is InChI=1S/C10H10N4O4S/c15-9(16)8(6-2-1-3-19-6)13-10(17)11-4-7-12-5-18-14-7/h1-3,5,8H,4H2,(H,15,16)(H2,11,13,17). The van der Waals surface area contributed by atoms with E-state index in [0.29, 0.717) is 10.7 Å². The molecular formula is C10H10N4O4S. The fourth-order valence-electron chi connectivity index (χ4n) is 1.32. The van der Waals surface area contributed by atoms with Crippen molar-refractivity contribution in [3.8, 4) is 0 Å². The maximum atomic E-state index is 11.6. The Hall–Kier alpha value is -2.42. The first-order valence-corrected chi connectivity index (χ1v) is 6.10. The molecule has 2 aromatic rings. The number of nitrogens with zero attached hydrogens (tertiary/aromatic N) is 2. The summed E-state index contributed by atoms with van der Waals surface area (Å²) in [5.41, 5.74) is 0. The highest BCUT2D eigenvalue weighted by Gasteiger charge is 2.22.